The van der Waals surface area contributed by atoms with Crippen molar-refractivity contribution in [1.82, 2.24) is 0 Å². The monoisotopic (exact) mass is 183 g/mol. The van der Waals surface area contributed by atoms with Crippen LogP contribution >= 0.6 is 35.3 Å². The zero-order valence-electron chi connectivity index (χ0n) is 4.85. The lowest BCUT2D eigenvalue weighted by Gasteiger charge is -1.86. The second-order valence-corrected chi connectivity index (χ2v) is 3.07. The topological polar surface area (TPSA) is 12.0 Å². The Kier molecular flexibility index (Phi) is 4.02. The molecule has 0 bridgehead atoms. The van der Waals surface area contributed by atoms with Crippen LogP contribution in [-0.4, -0.2) is 7.05 Å². The van der Waals surface area contributed by atoms with Crippen molar-refractivity contribution in [2.24, 2.45) is 0 Å². The molecular weight excluding hydrogens is 177 g/mol. The van der Waals surface area contributed by atoms with Crippen molar-refractivity contribution < 1.29 is 0 Å². The van der Waals surface area contributed by atoms with Gasteiger partial charge in [-0.15, -0.1) is 23.7 Å². The maximum atomic E-state index is 5.62. The SMILES string of the molecule is CNc1ccc(Cl)s1.Cl. The molecule has 9 heavy (non-hydrogen) atoms. The summed E-state index contributed by atoms with van der Waals surface area (Å²) in [6.45, 7) is 0. The Morgan fingerprint density at radius 1 is 1.56 bits per heavy atom. The smallest absolute Gasteiger partial charge is 0.0950 e. The van der Waals surface area contributed by atoms with Crippen LogP contribution in [0.5, 0.6) is 0 Å². The van der Waals surface area contributed by atoms with Crippen LogP contribution in [0.15, 0.2) is 12.1 Å². The third-order valence-corrected chi connectivity index (χ3v) is 2.07. The van der Waals surface area contributed by atoms with Crippen molar-refractivity contribution >= 4 is 40.3 Å². The highest BCUT2D eigenvalue weighted by atomic mass is 35.5. The van der Waals surface area contributed by atoms with Gasteiger partial charge in [0.05, 0.1) is 9.34 Å². The molecule has 1 rings (SSSR count). The summed E-state index contributed by atoms with van der Waals surface area (Å²) in [7, 11) is 1.88. The van der Waals surface area contributed by atoms with Crippen molar-refractivity contribution in [1.29, 1.82) is 0 Å². The quantitative estimate of drug-likeness (QED) is 0.707. The lowest BCUT2D eigenvalue weighted by Crippen LogP contribution is -1.79. The molecule has 0 amide bonds. The maximum Gasteiger partial charge on any atom is 0.0950 e. The van der Waals surface area contributed by atoms with Crippen LogP contribution in [-0.2, 0) is 0 Å². The van der Waals surface area contributed by atoms with E-state index >= 15 is 0 Å². The average Bonchev–Trinajstić information content (AvgIpc) is 2.14. The van der Waals surface area contributed by atoms with Crippen LogP contribution in [0.3, 0.4) is 0 Å². The molecule has 1 aromatic heterocycles. The van der Waals surface area contributed by atoms with E-state index in [-0.39, 0.29) is 12.4 Å². The molecule has 0 radical (unpaired) electrons. The second kappa shape index (κ2) is 3.99. The van der Waals surface area contributed by atoms with Crippen molar-refractivity contribution in [2.75, 3.05) is 12.4 Å². The Morgan fingerprint density at radius 2 is 2.22 bits per heavy atom. The van der Waals surface area contributed by atoms with E-state index in [9.17, 15) is 0 Å². The number of hydrogen-bond acceptors (Lipinski definition) is 2. The minimum Gasteiger partial charge on any atom is -0.380 e. The van der Waals surface area contributed by atoms with Crippen LogP contribution in [0, 0.1) is 0 Å². The van der Waals surface area contributed by atoms with Crippen molar-refractivity contribution in [2.45, 2.75) is 0 Å². The highest BCUT2D eigenvalue weighted by molar-refractivity contribution is 7.19. The lowest BCUT2D eigenvalue weighted by molar-refractivity contribution is 1.60. The molecule has 0 saturated heterocycles. The van der Waals surface area contributed by atoms with Crippen LogP contribution in [0.2, 0.25) is 4.34 Å². The largest absolute Gasteiger partial charge is 0.380 e. The average molecular weight is 184 g/mol. The van der Waals surface area contributed by atoms with Gasteiger partial charge in [0.25, 0.3) is 0 Å². The first kappa shape index (κ1) is 9.08. The van der Waals surface area contributed by atoms with Crippen molar-refractivity contribution in [3.8, 4) is 0 Å². The van der Waals surface area contributed by atoms with Gasteiger partial charge in [-0.3, -0.25) is 0 Å². The fraction of sp³-hybridized carbons (Fsp3) is 0.200. The van der Waals surface area contributed by atoms with E-state index in [2.05, 4.69) is 5.32 Å². The van der Waals surface area contributed by atoms with E-state index in [0.717, 1.165) is 9.34 Å². The molecule has 0 atom stereocenters. The summed E-state index contributed by atoms with van der Waals surface area (Å²) in [5.74, 6) is 0. The fourth-order valence-electron chi connectivity index (χ4n) is 0.449. The summed E-state index contributed by atoms with van der Waals surface area (Å²) in [6, 6.07) is 3.82. The first-order valence-electron chi connectivity index (χ1n) is 2.26. The molecule has 52 valence electrons. The van der Waals surface area contributed by atoms with Gasteiger partial charge in [0, 0.05) is 7.05 Å². The van der Waals surface area contributed by atoms with E-state index in [1.165, 1.54) is 0 Å². The van der Waals surface area contributed by atoms with Crippen LogP contribution < -0.4 is 5.32 Å². The fourth-order valence-corrected chi connectivity index (χ4v) is 1.35. The van der Waals surface area contributed by atoms with Crippen molar-refractivity contribution in [3.63, 3.8) is 0 Å². The Morgan fingerprint density at radius 3 is 2.44 bits per heavy atom. The Hall–Kier alpha value is 0.0800. The van der Waals surface area contributed by atoms with Gasteiger partial charge in [-0.2, -0.15) is 0 Å². The predicted octanol–water partition coefficient (Wildman–Crippen LogP) is 2.87. The number of halogens is 2. The van der Waals surface area contributed by atoms with Gasteiger partial charge >= 0.3 is 0 Å². The van der Waals surface area contributed by atoms with Gasteiger partial charge in [-0.05, 0) is 12.1 Å². The van der Waals surface area contributed by atoms with Crippen LogP contribution in [0.25, 0.3) is 0 Å². The normalized spacial score (nSPS) is 8.22. The zero-order chi connectivity index (χ0) is 5.98. The Balaban J connectivity index is 0.000000640. The third kappa shape index (κ3) is 2.43. The molecule has 1 aromatic rings. The molecule has 0 saturated carbocycles. The minimum atomic E-state index is 0. The molecule has 1 N–H and O–H groups in total. The highest BCUT2D eigenvalue weighted by Gasteiger charge is 1.90. The molecule has 0 aliphatic rings. The standard InChI is InChI=1S/C5H6ClNS.ClH/c1-7-5-3-2-4(6)8-5;/h2-3,7H,1H3;1H. The van der Waals surface area contributed by atoms with E-state index in [1.54, 1.807) is 11.3 Å². The second-order valence-electron chi connectivity index (χ2n) is 1.35. The summed E-state index contributed by atoms with van der Waals surface area (Å²) in [4.78, 5) is 0. The summed E-state index contributed by atoms with van der Waals surface area (Å²) >= 11 is 7.16. The predicted molar refractivity (Wildman–Crippen MR) is 46.1 cm³/mol. The first-order valence-corrected chi connectivity index (χ1v) is 3.45. The number of thiophene rings is 1. The molecule has 0 fully saturated rings. The van der Waals surface area contributed by atoms with E-state index < -0.39 is 0 Å². The maximum absolute atomic E-state index is 5.62. The van der Waals surface area contributed by atoms with E-state index in [4.69, 9.17) is 11.6 Å². The van der Waals surface area contributed by atoms with Gasteiger partial charge in [-0.1, -0.05) is 11.6 Å². The number of rotatable bonds is 1. The number of hydrogen-bond donors (Lipinski definition) is 1. The Labute approximate surface area is 69.4 Å². The lowest BCUT2D eigenvalue weighted by atomic mass is 10.6. The minimum absolute atomic E-state index is 0. The molecular formula is C5H7Cl2NS. The van der Waals surface area contributed by atoms with Crippen molar-refractivity contribution in [3.05, 3.63) is 16.5 Å². The molecule has 0 aliphatic carbocycles. The molecule has 1 nitrogen and oxygen atoms in total. The summed E-state index contributed by atoms with van der Waals surface area (Å²) in [6.07, 6.45) is 0. The van der Waals surface area contributed by atoms with Crippen LogP contribution in [0.4, 0.5) is 5.00 Å². The van der Waals surface area contributed by atoms with E-state index in [0.29, 0.717) is 0 Å². The van der Waals surface area contributed by atoms with Gasteiger partial charge in [0.15, 0.2) is 0 Å². The number of anilines is 1. The van der Waals surface area contributed by atoms with Gasteiger partial charge in [0.1, 0.15) is 0 Å². The summed E-state index contributed by atoms with van der Waals surface area (Å²) < 4.78 is 0.828. The molecule has 0 spiro atoms. The molecule has 1 heterocycles. The molecule has 0 aliphatic heterocycles. The third-order valence-electron chi connectivity index (χ3n) is 0.820. The van der Waals surface area contributed by atoms with Crippen LogP contribution in [0.1, 0.15) is 0 Å². The molecule has 0 aromatic carbocycles. The Bertz CT molecular complexity index is 175. The highest BCUT2D eigenvalue weighted by Crippen LogP contribution is 2.24. The van der Waals surface area contributed by atoms with Gasteiger partial charge in [0.2, 0.25) is 0 Å². The van der Waals surface area contributed by atoms with E-state index in [1.807, 2.05) is 19.2 Å². The first-order chi connectivity index (χ1) is 3.83. The summed E-state index contributed by atoms with van der Waals surface area (Å²) in [5.41, 5.74) is 0. The zero-order valence-corrected chi connectivity index (χ0v) is 7.24. The molecule has 4 heteroatoms. The molecule has 0 unspecified atom stereocenters. The van der Waals surface area contributed by atoms with Gasteiger partial charge < -0.3 is 5.32 Å². The summed E-state index contributed by atoms with van der Waals surface area (Å²) in [5, 5.41) is 4.09. The number of nitrogens with one attached hydrogen (secondary N) is 1. The van der Waals surface area contributed by atoms with Gasteiger partial charge in [-0.25, -0.2) is 0 Å².